The average Bonchev–Trinajstić information content (AvgIpc) is 2.31. The molecule has 1 fully saturated rings. The van der Waals surface area contributed by atoms with Gasteiger partial charge in [0.05, 0.1) is 6.10 Å². The molecule has 0 saturated carbocycles. The lowest BCUT2D eigenvalue weighted by Crippen LogP contribution is -2.20. The molecule has 1 N–H and O–H groups in total. The average molecular weight is 157 g/mol. The van der Waals surface area contributed by atoms with Crippen LogP contribution >= 0.6 is 0 Å². The zero-order chi connectivity index (χ0) is 8.27. The summed E-state index contributed by atoms with van der Waals surface area (Å²) in [6.07, 6.45) is 1.64. The van der Waals surface area contributed by atoms with Crippen LogP contribution in [0.3, 0.4) is 0 Å². The minimum Gasteiger partial charge on any atom is -0.377 e. The summed E-state index contributed by atoms with van der Waals surface area (Å²) in [5, 5.41) is 3.37. The van der Waals surface area contributed by atoms with E-state index in [4.69, 9.17) is 4.74 Å². The summed E-state index contributed by atoms with van der Waals surface area (Å²) in [7, 11) is 0. The van der Waals surface area contributed by atoms with Crippen LogP contribution in [0.5, 0.6) is 0 Å². The van der Waals surface area contributed by atoms with Crippen molar-refractivity contribution in [1.82, 2.24) is 5.32 Å². The van der Waals surface area contributed by atoms with Crippen molar-refractivity contribution in [3.05, 3.63) is 0 Å². The van der Waals surface area contributed by atoms with Crippen molar-refractivity contribution in [2.24, 2.45) is 5.92 Å². The van der Waals surface area contributed by atoms with Crippen molar-refractivity contribution < 1.29 is 4.74 Å². The Morgan fingerprint density at radius 1 is 1.55 bits per heavy atom. The van der Waals surface area contributed by atoms with Crippen LogP contribution in [0, 0.1) is 5.92 Å². The maximum absolute atomic E-state index is 5.67. The Morgan fingerprint density at radius 3 is 2.73 bits per heavy atom. The highest BCUT2D eigenvalue weighted by atomic mass is 16.5. The molecule has 0 bridgehead atoms. The summed E-state index contributed by atoms with van der Waals surface area (Å²) in [5.74, 6) is 0.658. The number of hydrogen-bond acceptors (Lipinski definition) is 2. The Kier molecular flexibility index (Phi) is 3.34. The van der Waals surface area contributed by atoms with Crippen molar-refractivity contribution in [1.29, 1.82) is 0 Å². The number of nitrogens with one attached hydrogen (secondary N) is 1. The molecule has 0 aromatic carbocycles. The molecular weight excluding hydrogens is 138 g/mol. The van der Waals surface area contributed by atoms with E-state index in [1.807, 2.05) is 0 Å². The lowest BCUT2D eigenvalue weighted by atomic mass is 10.2. The first kappa shape index (κ1) is 9.01. The van der Waals surface area contributed by atoms with E-state index < -0.39 is 0 Å². The lowest BCUT2D eigenvalue weighted by molar-refractivity contribution is 0.0474. The van der Waals surface area contributed by atoms with Crippen molar-refractivity contribution in [3.8, 4) is 0 Å². The van der Waals surface area contributed by atoms with Crippen LogP contribution < -0.4 is 5.32 Å². The van der Waals surface area contributed by atoms with Gasteiger partial charge < -0.3 is 10.1 Å². The maximum Gasteiger partial charge on any atom is 0.0714 e. The van der Waals surface area contributed by atoms with Crippen LogP contribution in [-0.2, 0) is 4.74 Å². The van der Waals surface area contributed by atoms with E-state index in [2.05, 4.69) is 26.1 Å². The Labute approximate surface area is 69.3 Å². The van der Waals surface area contributed by atoms with Crippen LogP contribution in [0.1, 0.15) is 27.2 Å². The molecule has 1 rings (SSSR count). The number of ether oxygens (including phenoxy) is 1. The fraction of sp³-hybridized carbons (Fsp3) is 1.00. The summed E-state index contributed by atoms with van der Waals surface area (Å²) in [5.41, 5.74) is 0. The smallest absolute Gasteiger partial charge is 0.0714 e. The van der Waals surface area contributed by atoms with Crippen molar-refractivity contribution in [2.75, 3.05) is 13.2 Å². The number of rotatable bonds is 3. The van der Waals surface area contributed by atoms with E-state index >= 15 is 0 Å². The molecule has 0 aliphatic carbocycles. The quantitative estimate of drug-likeness (QED) is 0.669. The summed E-state index contributed by atoms with van der Waals surface area (Å²) in [6, 6.07) is 0.646. The van der Waals surface area contributed by atoms with Gasteiger partial charge in [-0.05, 0) is 19.3 Å². The minimum absolute atomic E-state index is 0.465. The van der Waals surface area contributed by atoms with Gasteiger partial charge in [-0.3, -0.25) is 0 Å². The predicted molar refractivity (Wildman–Crippen MR) is 46.7 cm³/mol. The first-order chi connectivity index (χ1) is 5.18. The highest BCUT2D eigenvalue weighted by Crippen LogP contribution is 2.10. The molecule has 66 valence electrons. The van der Waals surface area contributed by atoms with Crippen LogP contribution in [0.15, 0.2) is 0 Å². The van der Waals surface area contributed by atoms with E-state index in [9.17, 15) is 0 Å². The minimum atomic E-state index is 0.465. The molecule has 0 amide bonds. The normalized spacial score (nSPS) is 31.6. The second-order valence-electron chi connectivity index (χ2n) is 3.89. The molecule has 2 heteroatoms. The largest absolute Gasteiger partial charge is 0.377 e. The molecule has 1 heterocycles. The monoisotopic (exact) mass is 157 g/mol. The molecule has 2 atom stereocenters. The summed E-state index contributed by atoms with van der Waals surface area (Å²) in [4.78, 5) is 0. The molecule has 1 aliphatic rings. The van der Waals surface area contributed by atoms with Gasteiger partial charge in [0.1, 0.15) is 0 Å². The van der Waals surface area contributed by atoms with E-state index in [1.54, 1.807) is 0 Å². The maximum atomic E-state index is 5.67. The van der Waals surface area contributed by atoms with Gasteiger partial charge in [-0.25, -0.2) is 0 Å². The Morgan fingerprint density at radius 2 is 2.27 bits per heavy atom. The molecule has 1 aliphatic heterocycles. The van der Waals surface area contributed by atoms with Crippen LogP contribution in [0.25, 0.3) is 0 Å². The zero-order valence-corrected chi connectivity index (χ0v) is 7.76. The first-order valence-corrected chi connectivity index (χ1v) is 4.53. The van der Waals surface area contributed by atoms with Gasteiger partial charge in [0.2, 0.25) is 0 Å². The molecule has 1 saturated heterocycles. The molecule has 0 unspecified atom stereocenters. The fourth-order valence-electron chi connectivity index (χ4n) is 1.35. The highest BCUT2D eigenvalue weighted by molar-refractivity contribution is 4.78. The Balaban J connectivity index is 2.08. The first-order valence-electron chi connectivity index (χ1n) is 4.53. The fourth-order valence-corrected chi connectivity index (χ4v) is 1.35. The summed E-state index contributed by atoms with van der Waals surface area (Å²) in [6.45, 7) is 8.52. The topological polar surface area (TPSA) is 21.3 Å². The third-order valence-electron chi connectivity index (χ3n) is 1.98. The molecule has 11 heavy (non-hydrogen) atoms. The third kappa shape index (κ3) is 3.21. The van der Waals surface area contributed by atoms with Gasteiger partial charge in [0.25, 0.3) is 0 Å². The van der Waals surface area contributed by atoms with E-state index in [1.165, 1.54) is 6.42 Å². The molecule has 0 aromatic heterocycles. The van der Waals surface area contributed by atoms with Crippen molar-refractivity contribution in [2.45, 2.75) is 39.3 Å². The predicted octanol–water partition coefficient (Wildman–Crippen LogP) is 1.41. The zero-order valence-electron chi connectivity index (χ0n) is 7.76. The van der Waals surface area contributed by atoms with Crippen molar-refractivity contribution in [3.63, 3.8) is 0 Å². The standard InChI is InChI=1S/C9H19NO/c1-7(2)6-11-9-4-8(3)10-5-9/h7-10H,4-6H2,1-3H3/t8-,9+/m0/s1. The van der Waals surface area contributed by atoms with Crippen molar-refractivity contribution >= 4 is 0 Å². The van der Waals surface area contributed by atoms with E-state index in [0.717, 1.165) is 13.2 Å². The van der Waals surface area contributed by atoms with Crippen LogP contribution in [-0.4, -0.2) is 25.3 Å². The van der Waals surface area contributed by atoms with Gasteiger partial charge in [0.15, 0.2) is 0 Å². The summed E-state index contributed by atoms with van der Waals surface area (Å²) < 4.78 is 5.67. The van der Waals surface area contributed by atoms with Gasteiger partial charge >= 0.3 is 0 Å². The summed E-state index contributed by atoms with van der Waals surface area (Å²) >= 11 is 0. The van der Waals surface area contributed by atoms with Gasteiger partial charge in [0, 0.05) is 19.2 Å². The van der Waals surface area contributed by atoms with Crippen LogP contribution in [0.2, 0.25) is 0 Å². The lowest BCUT2D eigenvalue weighted by Gasteiger charge is -2.12. The third-order valence-corrected chi connectivity index (χ3v) is 1.98. The van der Waals surface area contributed by atoms with Gasteiger partial charge in [-0.1, -0.05) is 13.8 Å². The Hall–Kier alpha value is -0.0800. The Bertz CT molecular complexity index is 114. The second kappa shape index (κ2) is 4.07. The molecular formula is C9H19NO. The number of hydrogen-bond donors (Lipinski definition) is 1. The molecule has 0 aromatic rings. The molecule has 0 radical (unpaired) electrons. The van der Waals surface area contributed by atoms with Gasteiger partial charge in [-0.15, -0.1) is 0 Å². The molecule has 2 nitrogen and oxygen atoms in total. The second-order valence-corrected chi connectivity index (χ2v) is 3.89. The SMILES string of the molecule is CC(C)CO[C@H]1CN[C@@H](C)C1. The van der Waals surface area contributed by atoms with Crippen LogP contribution in [0.4, 0.5) is 0 Å². The van der Waals surface area contributed by atoms with E-state index in [-0.39, 0.29) is 0 Å². The highest BCUT2D eigenvalue weighted by Gasteiger charge is 2.20. The van der Waals surface area contributed by atoms with Gasteiger partial charge in [-0.2, -0.15) is 0 Å². The molecule has 0 spiro atoms. The van der Waals surface area contributed by atoms with E-state index in [0.29, 0.717) is 18.1 Å².